The molecule has 0 heterocycles. The molecular weight excluding hydrogens is 266 g/mol. The first-order chi connectivity index (χ1) is 9.06. The first-order valence-corrected chi connectivity index (χ1v) is 6.79. The average molecular weight is 284 g/mol. The summed E-state index contributed by atoms with van der Waals surface area (Å²) in [6.45, 7) is 0. The van der Waals surface area contributed by atoms with Crippen LogP contribution in [-0.2, 0) is 0 Å². The number of urea groups is 1. The van der Waals surface area contributed by atoms with Crippen LogP contribution in [0.25, 0.3) is 0 Å². The number of halogens is 1. The zero-order chi connectivity index (χ0) is 13.8. The smallest absolute Gasteiger partial charge is 0.319 e. The summed E-state index contributed by atoms with van der Waals surface area (Å²) in [7, 11) is 0. The van der Waals surface area contributed by atoms with Gasteiger partial charge in [0.1, 0.15) is 0 Å². The fraction of sp³-hybridized carbons (Fsp3) is 0.462. The maximum Gasteiger partial charge on any atom is 0.319 e. The van der Waals surface area contributed by atoms with Crippen molar-refractivity contribution in [1.82, 2.24) is 5.32 Å². The Morgan fingerprint density at radius 1 is 1.32 bits per heavy atom. The predicted octanol–water partition coefficient (Wildman–Crippen LogP) is 3.08. The van der Waals surface area contributed by atoms with Gasteiger partial charge in [-0.25, -0.2) is 4.79 Å². The number of carbonyl (C=O) groups excluding carboxylic acids is 1. The molecular formula is C13H18ClN3O2. The molecule has 5 nitrogen and oxygen atoms in total. The van der Waals surface area contributed by atoms with Crippen LogP contribution in [0.4, 0.5) is 16.2 Å². The van der Waals surface area contributed by atoms with Crippen molar-refractivity contribution in [3.8, 4) is 5.75 Å². The van der Waals surface area contributed by atoms with Crippen LogP contribution in [0.15, 0.2) is 12.1 Å². The van der Waals surface area contributed by atoms with Gasteiger partial charge in [0.05, 0.1) is 10.7 Å². The number of phenols is 1. The van der Waals surface area contributed by atoms with E-state index in [1.54, 1.807) is 0 Å². The highest BCUT2D eigenvalue weighted by atomic mass is 35.5. The quantitative estimate of drug-likeness (QED) is 0.382. The first-order valence-electron chi connectivity index (χ1n) is 6.42. The van der Waals surface area contributed by atoms with E-state index in [0.29, 0.717) is 5.69 Å². The number of rotatable bonds is 2. The lowest BCUT2D eigenvalue weighted by molar-refractivity contribution is 0.244. The Morgan fingerprint density at radius 2 is 2.00 bits per heavy atom. The van der Waals surface area contributed by atoms with Gasteiger partial charge < -0.3 is 21.5 Å². The highest BCUT2D eigenvalue weighted by Crippen LogP contribution is 2.32. The van der Waals surface area contributed by atoms with E-state index in [2.05, 4.69) is 10.6 Å². The van der Waals surface area contributed by atoms with Crippen LogP contribution in [0.5, 0.6) is 5.75 Å². The molecule has 6 heteroatoms. The van der Waals surface area contributed by atoms with Crippen molar-refractivity contribution >= 4 is 29.0 Å². The maximum absolute atomic E-state index is 11.8. The third-order valence-corrected chi connectivity index (χ3v) is 3.58. The monoisotopic (exact) mass is 283 g/mol. The molecule has 5 N–H and O–H groups in total. The van der Waals surface area contributed by atoms with Crippen molar-refractivity contribution in [2.75, 3.05) is 11.1 Å². The van der Waals surface area contributed by atoms with Gasteiger partial charge in [-0.2, -0.15) is 0 Å². The highest BCUT2D eigenvalue weighted by Gasteiger charge is 2.16. The van der Waals surface area contributed by atoms with Gasteiger partial charge in [-0.15, -0.1) is 0 Å². The topological polar surface area (TPSA) is 87.4 Å². The van der Waals surface area contributed by atoms with Crippen LogP contribution in [0.3, 0.4) is 0 Å². The Morgan fingerprint density at radius 3 is 2.63 bits per heavy atom. The van der Waals surface area contributed by atoms with Crippen molar-refractivity contribution in [1.29, 1.82) is 0 Å². The summed E-state index contributed by atoms with van der Waals surface area (Å²) in [4.78, 5) is 11.8. The molecule has 0 saturated heterocycles. The molecule has 2 amide bonds. The second kappa shape index (κ2) is 6.02. The minimum atomic E-state index is -0.270. The predicted molar refractivity (Wildman–Crippen MR) is 76.6 cm³/mol. The number of aromatic hydroxyl groups is 1. The van der Waals surface area contributed by atoms with Gasteiger partial charge in [-0.3, -0.25) is 0 Å². The Balaban J connectivity index is 1.94. The number of nitrogens with two attached hydrogens (primary N) is 1. The second-order valence-corrected chi connectivity index (χ2v) is 5.24. The van der Waals surface area contributed by atoms with Gasteiger partial charge in [0.25, 0.3) is 0 Å². The summed E-state index contributed by atoms with van der Waals surface area (Å²) >= 11 is 5.79. The van der Waals surface area contributed by atoms with Crippen molar-refractivity contribution in [2.45, 2.75) is 38.1 Å². The van der Waals surface area contributed by atoms with E-state index in [1.165, 1.54) is 18.6 Å². The fourth-order valence-electron chi connectivity index (χ4n) is 2.29. The number of nitrogens with one attached hydrogen (secondary N) is 2. The van der Waals surface area contributed by atoms with E-state index in [4.69, 9.17) is 17.3 Å². The fourth-order valence-corrected chi connectivity index (χ4v) is 2.52. The zero-order valence-electron chi connectivity index (χ0n) is 10.6. The maximum atomic E-state index is 11.8. The molecule has 0 aliphatic heterocycles. The van der Waals surface area contributed by atoms with Crippen LogP contribution in [-0.4, -0.2) is 17.2 Å². The van der Waals surface area contributed by atoms with Crippen molar-refractivity contribution in [3.63, 3.8) is 0 Å². The van der Waals surface area contributed by atoms with Gasteiger partial charge >= 0.3 is 6.03 Å². The van der Waals surface area contributed by atoms with E-state index >= 15 is 0 Å². The minimum absolute atomic E-state index is 0.118. The number of benzene rings is 1. The summed E-state index contributed by atoms with van der Waals surface area (Å²) in [5.74, 6) is -0.167. The molecule has 2 rings (SSSR count). The van der Waals surface area contributed by atoms with Gasteiger partial charge in [0.15, 0.2) is 5.75 Å². The lowest BCUT2D eigenvalue weighted by atomic mass is 9.96. The molecule has 1 saturated carbocycles. The summed E-state index contributed by atoms with van der Waals surface area (Å²) in [6, 6.07) is 2.90. The summed E-state index contributed by atoms with van der Waals surface area (Å²) in [5, 5.41) is 15.2. The molecule has 1 aliphatic carbocycles. The van der Waals surface area contributed by atoms with Crippen molar-refractivity contribution in [2.24, 2.45) is 0 Å². The number of phenolic OH excluding ortho intramolecular Hbond substituents is 1. The van der Waals surface area contributed by atoms with E-state index in [1.807, 2.05) is 0 Å². The summed E-state index contributed by atoms with van der Waals surface area (Å²) in [6.07, 6.45) is 5.59. The molecule has 0 unspecified atom stereocenters. The van der Waals surface area contributed by atoms with Crippen LogP contribution >= 0.6 is 11.6 Å². The van der Waals surface area contributed by atoms with Gasteiger partial charge in [-0.05, 0) is 25.0 Å². The largest absolute Gasteiger partial charge is 0.504 e. The number of hydrogen-bond acceptors (Lipinski definition) is 3. The van der Waals surface area contributed by atoms with E-state index in [-0.39, 0.29) is 28.5 Å². The number of amides is 2. The van der Waals surface area contributed by atoms with E-state index in [9.17, 15) is 9.90 Å². The molecule has 1 aromatic rings. The summed E-state index contributed by atoms with van der Waals surface area (Å²) < 4.78 is 0. The molecule has 0 radical (unpaired) electrons. The van der Waals surface area contributed by atoms with Gasteiger partial charge in [0.2, 0.25) is 0 Å². The lowest BCUT2D eigenvalue weighted by Gasteiger charge is -2.23. The Hall–Kier alpha value is -1.62. The first kappa shape index (κ1) is 13.8. The molecule has 0 spiro atoms. The number of nitrogen functional groups attached to an aromatic ring is 1. The molecule has 19 heavy (non-hydrogen) atoms. The number of anilines is 2. The Labute approximate surface area is 117 Å². The molecule has 1 aromatic carbocycles. The van der Waals surface area contributed by atoms with Crippen LogP contribution in [0.2, 0.25) is 5.02 Å². The Kier molecular flexibility index (Phi) is 4.37. The zero-order valence-corrected chi connectivity index (χ0v) is 11.3. The third-order valence-electron chi connectivity index (χ3n) is 3.29. The van der Waals surface area contributed by atoms with E-state index in [0.717, 1.165) is 25.7 Å². The van der Waals surface area contributed by atoms with Crippen LogP contribution < -0.4 is 16.4 Å². The molecule has 0 bridgehead atoms. The highest BCUT2D eigenvalue weighted by molar-refractivity contribution is 6.32. The second-order valence-electron chi connectivity index (χ2n) is 4.83. The number of hydrogen-bond donors (Lipinski definition) is 4. The van der Waals surface area contributed by atoms with Crippen molar-refractivity contribution in [3.05, 3.63) is 17.2 Å². The molecule has 0 aromatic heterocycles. The van der Waals surface area contributed by atoms with Crippen LogP contribution in [0.1, 0.15) is 32.1 Å². The van der Waals surface area contributed by atoms with E-state index < -0.39 is 0 Å². The van der Waals surface area contributed by atoms with Crippen LogP contribution in [0, 0.1) is 0 Å². The summed E-state index contributed by atoms with van der Waals surface area (Å²) in [5.41, 5.74) is 6.18. The molecule has 104 valence electrons. The third kappa shape index (κ3) is 3.67. The lowest BCUT2D eigenvalue weighted by Crippen LogP contribution is -2.39. The van der Waals surface area contributed by atoms with Crippen molar-refractivity contribution < 1.29 is 9.90 Å². The average Bonchev–Trinajstić information content (AvgIpc) is 2.37. The standard InChI is InChI=1S/C13H18ClN3O2/c14-10-6-9(7-11(15)12(10)18)17-13(19)16-8-4-2-1-3-5-8/h6-8,18H,1-5,15H2,(H2,16,17,19). The molecule has 1 aliphatic rings. The molecule has 0 atom stereocenters. The number of carbonyl (C=O) groups is 1. The Bertz CT molecular complexity index is 450. The van der Waals surface area contributed by atoms with Gasteiger partial charge in [-0.1, -0.05) is 30.9 Å². The van der Waals surface area contributed by atoms with Gasteiger partial charge in [0, 0.05) is 11.7 Å². The minimum Gasteiger partial charge on any atom is -0.504 e. The normalized spacial score (nSPS) is 16.1. The molecule has 1 fully saturated rings. The SMILES string of the molecule is Nc1cc(NC(=O)NC2CCCCC2)cc(Cl)c1O.